The molecule has 2 heterocycles. The van der Waals surface area contributed by atoms with Crippen molar-refractivity contribution in [3.63, 3.8) is 0 Å². The molecule has 0 radical (unpaired) electrons. The summed E-state index contributed by atoms with van der Waals surface area (Å²) in [6, 6.07) is 0.189. The van der Waals surface area contributed by atoms with Gasteiger partial charge in [0.15, 0.2) is 0 Å². The van der Waals surface area contributed by atoms with Crippen LogP contribution in [0.1, 0.15) is 57.0 Å². The molecule has 1 aliphatic rings. The minimum absolute atomic E-state index is 0.189. The molecule has 4 heteroatoms. The third-order valence-corrected chi connectivity index (χ3v) is 4.10. The van der Waals surface area contributed by atoms with E-state index in [1.165, 1.54) is 29.8 Å². The minimum atomic E-state index is 0.189. The summed E-state index contributed by atoms with van der Waals surface area (Å²) >= 11 is 0. The second-order valence-corrected chi connectivity index (χ2v) is 5.93. The number of hydrogen-bond acceptors (Lipinski definition) is 3. The molecule has 114 valence electrons. The van der Waals surface area contributed by atoms with Gasteiger partial charge >= 0.3 is 0 Å². The normalized spacial score (nSPS) is 21.1. The first-order valence-electron chi connectivity index (χ1n) is 8.10. The lowest BCUT2D eigenvalue weighted by molar-refractivity contribution is 0.00348. The van der Waals surface area contributed by atoms with Gasteiger partial charge in [0.1, 0.15) is 0 Å². The Bertz CT molecular complexity index is 420. The molecule has 1 aromatic rings. The fourth-order valence-corrected chi connectivity index (χ4v) is 3.12. The SMILES string of the molecule is CCc1nn(CC2CCCCO2)c(CC)c1CC(C)N. The van der Waals surface area contributed by atoms with Crippen molar-refractivity contribution in [2.45, 2.75) is 78.0 Å². The molecule has 2 rings (SSSR count). The second-order valence-electron chi connectivity index (χ2n) is 5.93. The highest BCUT2D eigenvalue weighted by atomic mass is 16.5. The predicted octanol–water partition coefficient (Wildman–Crippen LogP) is 2.47. The quantitative estimate of drug-likeness (QED) is 0.870. The molecule has 1 saturated heterocycles. The number of ether oxygens (including phenoxy) is 1. The summed E-state index contributed by atoms with van der Waals surface area (Å²) in [6.07, 6.45) is 6.90. The van der Waals surface area contributed by atoms with Crippen LogP contribution in [0.25, 0.3) is 0 Å². The number of aromatic nitrogens is 2. The van der Waals surface area contributed by atoms with Gasteiger partial charge in [0, 0.05) is 18.3 Å². The molecule has 0 bridgehead atoms. The van der Waals surface area contributed by atoms with E-state index in [-0.39, 0.29) is 6.04 Å². The maximum absolute atomic E-state index is 6.00. The molecule has 1 aromatic heterocycles. The van der Waals surface area contributed by atoms with Gasteiger partial charge in [-0.05, 0) is 51.0 Å². The first-order chi connectivity index (χ1) is 9.65. The Morgan fingerprint density at radius 2 is 2.15 bits per heavy atom. The van der Waals surface area contributed by atoms with Gasteiger partial charge in [0.2, 0.25) is 0 Å². The molecule has 0 saturated carbocycles. The molecule has 1 aliphatic heterocycles. The Hall–Kier alpha value is -0.870. The maximum Gasteiger partial charge on any atom is 0.0771 e. The zero-order valence-corrected chi connectivity index (χ0v) is 13.2. The van der Waals surface area contributed by atoms with Crippen molar-refractivity contribution in [2.24, 2.45) is 5.73 Å². The Balaban J connectivity index is 2.20. The summed E-state index contributed by atoms with van der Waals surface area (Å²) in [5, 5.41) is 4.83. The van der Waals surface area contributed by atoms with E-state index in [0.29, 0.717) is 6.10 Å². The topological polar surface area (TPSA) is 53.1 Å². The molecule has 2 atom stereocenters. The Kier molecular flexibility index (Phi) is 5.61. The third kappa shape index (κ3) is 3.61. The molecule has 20 heavy (non-hydrogen) atoms. The van der Waals surface area contributed by atoms with Gasteiger partial charge in [-0.15, -0.1) is 0 Å². The molecular formula is C16H29N3O. The van der Waals surface area contributed by atoms with E-state index in [0.717, 1.165) is 38.8 Å². The van der Waals surface area contributed by atoms with E-state index < -0.39 is 0 Å². The average Bonchev–Trinajstić information content (AvgIpc) is 2.76. The van der Waals surface area contributed by atoms with Crippen molar-refractivity contribution in [3.8, 4) is 0 Å². The van der Waals surface area contributed by atoms with Gasteiger partial charge in [0.05, 0.1) is 18.3 Å². The third-order valence-electron chi connectivity index (χ3n) is 4.10. The van der Waals surface area contributed by atoms with E-state index in [2.05, 4.69) is 25.5 Å². The van der Waals surface area contributed by atoms with Crippen molar-refractivity contribution in [3.05, 3.63) is 17.0 Å². The molecule has 2 unspecified atom stereocenters. The smallest absolute Gasteiger partial charge is 0.0771 e. The van der Waals surface area contributed by atoms with E-state index in [9.17, 15) is 0 Å². The van der Waals surface area contributed by atoms with Crippen LogP contribution in [0.5, 0.6) is 0 Å². The second kappa shape index (κ2) is 7.23. The average molecular weight is 279 g/mol. The lowest BCUT2D eigenvalue weighted by atomic mass is 10.0. The summed E-state index contributed by atoms with van der Waals surface area (Å²) in [4.78, 5) is 0. The monoisotopic (exact) mass is 279 g/mol. The van der Waals surface area contributed by atoms with Crippen molar-refractivity contribution in [1.82, 2.24) is 9.78 Å². The number of rotatable bonds is 6. The van der Waals surface area contributed by atoms with Crippen molar-refractivity contribution in [1.29, 1.82) is 0 Å². The Morgan fingerprint density at radius 1 is 1.35 bits per heavy atom. The Labute approximate surface area is 122 Å². The summed E-state index contributed by atoms with van der Waals surface area (Å²) in [5.41, 5.74) is 9.95. The zero-order chi connectivity index (χ0) is 14.5. The molecule has 0 amide bonds. The minimum Gasteiger partial charge on any atom is -0.376 e. The van der Waals surface area contributed by atoms with E-state index >= 15 is 0 Å². The van der Waals surface area contributed by atoms with Crippen LogP contribution >= 0.6 is 0 Å². The van der Waals surface area contributed by atoms with Crippen LogP contribution < -0.4 is 5.73 Å². The highest BCUT2D eigenvalue weighted by molar-refractivity contribution is 5.28. The van der Waals surface area contributed by atoms with Crippen LogP contribution in [-0.2, 0) is 30.5 Å². The van der Waals surface area contributed by atoms with Crippen LogP contribution in [0.3, 0.4) is 0 Å². The van der Waals surface area contributed by atoms with Crippen molar-refractivity contribution < 1.29 is 4.74 Å². The summed E-state index contributed by atoms with van der Waals surface area (Å²) < 4.78 is 8.05. The molecule has 0 spiro atoms. The van der Waals surface area contributed by atoms with E-state index in [4.69, 9.17) is 15.6 Å². The van der Waals surface area contributed by atoms with Crippen LogP contribution in [-0.4, -0.2) is 28.5 Å². The fourth-order valence-electron chi connectivity index (χ4n) is 3.12. The van der Waals surface area contributed by atoms with E-state index in [1.807, 2.05) is 0 Å². The summed E-state index contributed by atoms with van der Waals surface area (Å²) in [5.74, 6) is 0. The zero-order valence-electron chi connectivity index (χ0n) is 13.2. The molecule has 0 aromatic carbocycles. The van der Waals surface area contributed by atoms with Gasteiger partial charge in [0.25, 0.3) is 0 Å². The largest absolute Gasteiger partial charge is 0.376 e. The van der Waals surface area contributed by atoms with E-state index in [1.54, 1.807) is 0 Å². The van der Waals surface area contributed by atoms with Crippen LogP contribution in [0.2, 0.25) is 0 Å². The fraction of sp³-hybridized carbons (Fsp3) is 0.812. The predicted molar refractivity (Wildman–Crippen MR) is 81.9 cm³/mol. The molecular weight excluding hydrogens is 250 g/mol. The highest BCUT2D eigenvalue weighted by Crippen LogP contribution is 2.21. The summed E-state index contributed by atoms with van der Waals surface area (Å²) in [7, 11) is 0. The number of nitrogens with two attached hydrogens (primary N) is 1. The lowest BCUT2D eigenvalue weighted by Gasteiger charge is -2.23. The Morgan fingerprint density at radius 3 is 2.70 bits per heavy atom. The van der Waals surface area contributed by atoms with Gasteiger partial charge in [-0.1, -0.05) is 13.8 Å². The molecule has 4 nitrogen and oxygen atoms in total. The van der Waals surface area contributed by atoms with Crippen molar-refractivity contribution >= 4 is 0 Å². The maximum atomic E-state index is 6.00. The lowest BCUT2D eigenvalue weighted by Crippen LogP contribution is -2.26. The van der Waals surface area contributed by atoms with Crippen LogP contribution in [0, 0.1) is 0 Å². The number of hydrogen-bond donors (Lipinski definition) is 1. The number of aryl methyl sites for hydroxylation is 1. The molecule has 1 fully saturated rings. The van der Waals surface area contributed by atoms with Gasteiger partial charge in [-0.3, -0.25) is 4.68 Å². The van der Waals surface area contributed by atoms with Crippen LogP contribution in [0.15, 0.2) is 0 Å². The number of nitrogens with zero attached hydrogens (tertiary/aromatic N) is 2. The first-order valence-corrected chi connectivity index (χ1v) is 8.10. The standard InChI is InChI=1S/C16H29N3O/c1-4-15-14(10-12(3)17)16(5-2)19(18-15)11-13-8-6-7-9-20-13/h12-13H,4-11,17H2,1-3H3. The first kappa shape index (κ1) is 15.5. The van der Waals surface area contributed by atoms with Crippen LogP contribution in [0.4, 0.5) is 0 Å². The molecule has 2 N–H and O–H groups in total. The molecule has 0 aliphatic carbocycles. The highest BCUT2D eigenvalue weighted by Gasteiger charge is 2.20. The summed E-state index contributed by atoms with van der Waals surface area (Å²) in [6.45, 7) is 8.25. The van der Waals surface area contributed by atoms with Gasteiger partial charge in [-0.25, -0.2) is 0 Å². The van der Waals surface area contributed by atoms with Crippen molar-refractivity contribution in [2.75, 3.05) is 6.61 Å². The van der Waals surface area contributed by atoms with Gasteiger partial charge in [-0.2, -0.15) is 5.10 Å². The van der Waals surface area contributed by atoms with Gasteiger partial charge < -0.3 is 10.5 Å².